The molecule has 6 heteroatoms. The number of ketones is 1. The van der Waals surface area contributed by atoms with Crippen molar-refractivity contribution in [2.24, 2.45) is 0 Å². The lowest BCUT2D eigenvalue weighted by atomic mass is 10.0. The van der Waals surface area contributed by atoms with E-state index in [-0.39, 0.29) is 27.9 Å². The molecule has 1 rings (SSSR count). The maximum absolute atomic E-state index is 11.5. The van der Waals surface area contributed by atoms with Crippen LogP contribution in [0.5, 0.6) is 0 Å². The second kappa shape index (κ2) is 5.98. The van der Waals surface area contributed by atoms with Gasteiger partial charge in [0.1, 0.15) is 5.78 Å². The van der Waals surface area contributed by atoms with E-state index in [1.165, 1.54) is 12.1 Å². The number of benzene rings is 1. The first-order valence-electron chi connectivity index (χ1n) is 5.09. The number of hydrogen-bond acceptors (Lipinski definition) is 3. The van der Waals surface area contributed by atoms with Crippen molar-refractivity contribution in [3.05, 3.63) is 37.9 Å². The Morgan fingerprint density at radius 1 is 1.35 bits per heavy atom. The summed E-state index contributed by atoms with van der Waals surface area (Å²) in [4.78, 5) is 21.7. The van der Waals surface area contributed by atoms with E-state index < -0.39 is 4.92 Å². The molecule has 0 saturated carbocycles. The summed E-state index contributed by atoms with van der Waals surface area (Å²) in [6.45, 7) is 1.88. The van der Waals surface area contributed by atoms with Gasteiger partial charge in [0.05, 0.1) is 15.0 Å². The quantitative estimate of drug-likeness (QED) is 0.606. The van der Waals surface area contributed by atoms with Crippen LogP contribution < -0.4 is 0 Å². The molecule has 0 aliphatic carbocycles. The molecule has 0 heterocycles. The lowest BCUT2D eigenvalue weighted by molar-refractivity contribution is -0.385. The lowest BCUT2D eigenvalue weighted by Crippen LogP contribution is -2.05. The highest BCUT2D eigenvalue weighted by atomic mass is 35.5. The van der Waals surface area contributed by atoms with Crippen molar-refractivity contribution >= 4 is 34.7 Å². The Balaban J connectivity index is 3.08. The summed E-state index contributed by atoms with van der Waals surface area (Å²) in [7, 11) is 0. The average Bonchev–Trinajstić information content (AvgIpc) is 2.23. The average molecular weight is 276 g/mol. The summed E-state index contributed by atoms with van der Waals surface area (Å²) in [6.07, 6.45) is 1.13. The van der Waals surface area contributed by atoms with Gasteiger partial charge in [0, 0.05) is 24.5 Å². The van der Waals surface area contributed by atoms with Crippen LogP contribution in [-0.4, -0.2) is 10.7 Å². The second-order valence-electron chi connectivity index (χ2n) is 3.62. The Kier molecular flexibility index (Phi) is 4.90. The third-order valence-electron chi connectivity index (χ3n) is 2.23. The maximum Gasteiger partial charge on any atom is 0.274 e. The molecule has 0 amide bonds. The molecule has 0 aliphatic heterocycles. The summed E-state index contributed by atoms with van der Waals surface area (Å²) >= 11 is 11.5. The Labute approximate surface area is 109 Å². The van der Waals surface area contributed by atoms with Crippen LogP contribution in [0, 0.1) is 10.1 Å². The molecule has 0 radical (unpaired) electrons. The fourth-order valence-corrected chi connectivity index (χ4v) is 1.81. The van der Waals surface area contributed by atoms with E-state index in [1.807, 2.05) is 6.92 Å². The largest absolute Gasteiger partial charge is 0.299 e. The SMILES string of the molecule is CCCC(=O)Cc1cc(Cl)c(Cl)cc1[N+](=O)[O-]. The fourth-order valence-electron chi connectivity index (χ4n) is 1.47. The molecule has 0 saturated heterocycles. The number of rotatable bonds is 5. The first kappa shape index (κ1) is 13.9. The van der Waals surface area contributed by atoms with Crippen LogP contribution in [0.2, 0.25) is 10.0 Å². The molecule has 0 atom stereocenters. The molecule has 4 nitrogen and oxygen atoms in total. The number of carbonyl (C=O) groups excluding carboxylic acids is 1. The molecule has 0 aliphatic rings. The fraction of sp³-hybridized carbons (Fsp3) is 0.364. The monoisotopic (exact) mass is 275 g/mol. The van der Waals surface area contributed by atoms with E-state index in [2.05, 4.69) is 0 Å². The predicted octanol–water partition coefficient (Wildman–Crippen LogP) is 3.81. The lowest BCUT2D eigenvalue weighted by Gasteiger charge is -2.04. The van der Waals surface area contributed by atoms with Gasteiger partial charge in [0.25, 0.3) is 5.69 Å². The van der Waals surface area contributed by atoms with E-state index in [0.717, 1.165) is 0 Å². The Morgan fingerprint density at radius 3 is 2.47 bits per heavy atom. The van der Waals surface area contributed by atoms with Crippen LogP contribution in [0.1, 0.15) is 25.3 Å². The molecule has 0 unspecified atom stereocenters. The predicted molar refractivity (Wildman–Crippen MR) is 66.7 cm³/mol. The van der Waals surface area contributed by atoms with Crippen LogP contribution in [-0.2, 0) is 11.2 Å². The third kappa shape index (κ3) is 3.68. The van der Waals surface area contributed by atoms with Gasteiger partial charge in [-0.3, -0.25) is 14.9 Å². The molecular weight excluding hydrogens is 265 g/mol. The van der Waals surface area contributed by atoms with Gasteiger partial charge in [0.15, 0.2) is 0 Å². The first-order chi connectivity index (χ1) is 7.95. The second-order valence-corrected chi connectivity index (χ2v) is 4.43. The van der Waals surface area contributed by atoms with Crippen molar-refractivity contribution < 1.29 is 9.72 Å². The van der Waals surface area contributed by atoms with Gasteiger partial charge in [0.2, 0.25) is 0 Å². The van der Waals surface area contributed by atoms with Gasteiger partial charge in [-0.25, -0.2) is 0 Å². The van der Waals surface area contributed by atoms with Crippen LogP contribution >= 0.6 is 23.2 Å². The van der Waals surface area contributed by atoms with Crippen molar-refractivity contribution in [1.82, 2.24) is 0 Å². The molecule has 0 fully saturated rings. The molecule has 0 N–H and O–H groups in total. The van der Waals surface area contributed by atoms with Crippen LogP contribution in [0.15, 0.2) is 12.1 Å². The van der Waals surface area contributed by atoms with Gasteiger partial charge >= 0.3 is 0 Å². The summed E-state index contributed by atoms with van der Waals surface area (Å²) in [6, 6.07) is 2.56. The molecule has 92 valence electrons. The number of nitrogens with zero attached hydrogens (tertiary/aromatic N) is 1. The highest BCUT2D eigenvalue weighted by Crippen LogP contribution is 2.30. The minimum absolute atomic E-state index is 0.0149. The third-order valence-corrected chi connectivity index (χ3v) is 2.96. The Hall–Kier alpha value is -1.13. The van der Waals surface area contributed by atoms with E-state index in [1.54, 1.807) is 0 Å². The normalized spacial score (nSPS) is 10.3. The Bertz CT molecular complexity index is 460. The molecule has 1 aromatic carbocycles. The highest BCUT2D eigenvalue weighted by molar-refractivity contribution is 6.42. The Morgan fingerprint density at radius 2 is 1.94 bits per heavy atom. The summed E-state index contributed by atoms with van der Waals surface area (Å²) < 4.78 is 0. The zero-order valence-corrected chi connectivity index (χ0v) is 10.7. The van der Waals surface area contributed by atoms with Crippen molar-refractivity contribution in [3.8, 4) is 0 Å². The van der Waals surface area contributed by atoms with Crippen molar-refractivity contribution in [2.45, 2.75) is 26.2 Å². The number of carbonyl (C=O) groups is 1. The van der Waals surface area contributed by atoms with Gasteiger partial charge in [-0.15, -0.1) is 0 Å². The number of halogens is 2. The molecule has 0 bridgehead atoms. The van der Waals surface area contributed by atoms with Crippen LogP contribution in [0.3, 0.4) is 0 Å². The van der Waals surface area contributed by atoms with Gasteiger partial charge in [-0.2, -0.15) is 0 Å². The van der Waals surface area contributed by atoms with E-state index in [4.69, 9.17) is 23.2 Å². The molecule has 0 aromatic heterocycles. The van der Waals surface area contributed by atoms with E-state index in [9.17, 15) is 14.9 Å². The number of nitro benzene ring substituents is 1. The number of hydrogen-bond donors (Lipinski definition) is 0. The number of Topliss-reactive ketones (excluding diaryl/α,β-unsaturated/α-hetero) is 1. The summed E-state index contributed by atoms with van der Waals surface area (Å²) in [5.74, 6) is -0.0472. The zero-order valence-electron chi connectivity index (χ0n) is 9.20. The van der Waals surface area contributed by atoms with E-state index >= 15 is 0 Å². The standard InChI is InChI=1S/C11H11Cl2NO3/c1-2-3-8(15)4-7-5-9(12)10(13)6-11(7)14(16)17/h5-6H,2-4H2,1H3. The van der Waals surface area contributed by atoms with Crippen molar-refractivity contribution in [1.29, 1.82) is 0 Å². The van der Waals surface area contributed by atoms with Gasteiger partial charge in [-0.05, 0) is 12.5 Å². The van der Waals surface area contributed by atoms with Gasteiger partial charge in [-0.1, -0.05) is 30.1 Å². The molecule has 0 spiro atoms. The maximum atomic E-state index is 11.5. The van der Waals surface area contributed by atoms with Crippen molar-refractivity contribution in [2.75, 3.05) is 0 Å². The smallest absolute Gasteiger partial charge is 0.274 e. The molecule has 17 heavy (non-hydrogen) atoms. The van der Waals surface area contributed by atoms with E-state index in [0.29, 0.717) is 18.4 Å². The van der Waals surface area contributed by atoms with Crippen LogP contribution in [0.4, 0.5) is 5.69 Å². The molecular formula is C11H11Cl2NO3. The topological polar surface area (TPSA) is 60.2 Å². The summed E-state index contributed by atoms with van der Waals surface area (Å²) in [5.41, 5.74) is 0.145. The number of nitro groups is 1. The van der Waals surface area contributed by atoms with Gasteiger partial charge < -0.3 is 0 Å². The zero-order chi connectivity index (χ0) is 13.0. The molecule has 1 aromatic rings. The van der Waals surface area contributed by atoms with Crippen LogP contribution in [0.25, 0.3) is 0 Å². The van der Waals surface area contributed by atoms with Crippen molar-refractivity contribution in [3.63, 3.8) is 0 Å². The minimum Gasteiger partial charge on any atom is -0.299 e. The highest BCUT2D eigenvalue weighted by Gasteiger charge is 2.18. The minimum atomic E-state index is -0.559. The first-order valence-corrected chi connectivity index (χ1v) is 5.85. The summed E-state index contributed by atoms with van der Waals surface area (Å²) in [5, 5.41) is 11.2.